The Morgan fingerprint density at radius 3 is 2.91 bits per heavy atom. The molecule has 1 amide bonds. The fourth-order valence-corrected chi connectivity index (χ4v) is 6.19. The van der Waals surface area contributed by atoms with Crippen molar-refractivity contribution in [2.24, 2.45) is 17.6 Å². The van der Waals surface area contributed by atoms with E-state index in [0.29, 0.717) is 18.1 Å². The molecule has 1 heterocycles. The first-order chi connectivity index (χ1) is 15.9. The number of anilines is 1. The van der Waals surface area contributed by atoms with E-state index in [1.807, 2.05) is 18.2 Å². The third kappa shape index (κ3) is 4.02. The van der Waals surface area contributed by atoms with Gasteiger partial charge in [0.25, 0.3) is 0 Å². The zero-order valence-corrected chi connectivity index (χ0v) is 19.6. The topological polar surface area (TPSA) is 75.8 Å². The average molecular weight is 467 g/mol. The van der Waals surface area contributed by atoms with Gasteiger partial charge in [-0.1, -0.05) is 23.7 Å². The van der Waals surface area contributed by atoms with Gasteiger partial charge in [0.1, 0.15) is 5.75 Å². The first kappa shape index (κ1) is 22.3. The highest BCUT2D eigenvalue weighted by atomic mass is 35.5. The van der Waals surface area contributed by atoms with Crippen LogP contribution in [0.5, 0.6) is 5.75 Å². The lowest BCUT2D eigenvalue weighted by Gasteiger charge is -2.45. The molecule has 3 aliphatic rings. The number of aliphatic hydroxyl groups excluding tert-OH is 1. The molecule has 1 fully saturated rings. The molecule has 5 nitrogen and oxygen atoms in total. The summed E-state index contributed by atoms with van der Waals surface area (Å²) in [6, 6.07) is 11.7. The van der Waals surface area contributed by atoms with Crippen molar-refractivity contribution >= 4 is 23.2 Å². The van der Waals surface area contributed by atoms with Gasteiger partial charge in [-0.05, 0) is 85.4 Å². The van der Waals surface area contributed by atoms with Gasteiger partial charge >= 0.3 is 0 Å². The summed E-state index contributed by atoms with van der Waals surface area (Å²) in [5, 5.41) is 11.2. The van der Waals surface area contributed by atoms with Crippen molar-refractivity contribution in [2.75, 3.05) is 24.6 Å². The third-order valence-electron chi connectivity index (χ3n) is 7.93. The highest BCUT2D eigenvalue weighted by Gasteiger charge is 2.44. The minimum atomic E-state index is -0.491. The Hall–Kier alpha value is -2.50. The minimum absolute atomic E-state index is 0.166. The van der Waals surface area contributed by atoms with Crippen LogP contribution in [0.2, 0.25) is 5.02 Å². The van der Waals surface area contributed by atoms with Crippen LogP contribution in [0.3, 0.4) is 0 Å². The Labute approximate surface area is 200 Å². The van der Waals surface area contributed by atoms with Crippen LogP contribution in [0, 0.1) is 11.8 Å². The molecule has 6 heteroatoms. The molecule has 1 aliphatic heterocycles. The zero-order chi connectivity index (χ0) is 23.2. The lowest BCUT2D eigenvalue weighted by atomic mass is 9.68. The molecule has 4 unspecified atom stereocenters. The van der Waals surface area contributed by atoms with Crippen molar-refractivity contribution < 1.29 is 14.6 Å². The van der Waals surface area contributed by atoms with Crippen LogP contribution in [0.1, 0.15) is 47.2 Å². The summed E-state index contributed by atoms with van der Waals surface area (Å²) >= 11 is 6.32. The van der Waals surface area contributed by atoms with E-state index >= 15 is 0 Å². The van der Waals surface area contributed by atoms with Crippen molar-refractivity contribution in [3.63, 3.8) is 0 Å². The maximum atomic E-state index is 11.9. The lowest BCUT2D eigenvalue weighted by molar-refractivity contribution is 0.0460. The fourth-order valence-electron chi connectivity index (χ4n) is 6.00. The Morgan fingerprint density at radius 2 is 2.18 bits per heavy atom. The number of carbonyl (C=O) groups excluding carboxylic acids is 1. The van der Waals surface area contributed by atoms with Crippen molar-refractivity contribution in [3.8, 4) is 5.75 Å². The average Bonchev–Trinajstić information content (AvgIpc) is 2.93. The molecular formula is C27H31ClN2O3. The monoisotopic (exact) mass is 466 g/mol. The molecule has 2 aromatic rings. The van der Waals surface area contributed by atoms with Gasteiger partial charge in [-0.2, -0.15) is 0 Å². The van der Waals surface area contributed by atoms with E-state index in [1.165, 1.54) is 11.1 Å². The van der Waals surface area contributed by atoms with E-state index in [9.17, 15) is 9.90 Å². The molecule has 4 atom stereocenters. The number of hydrogen-bond donors (Lipinski definition) is 2. The van der Waals surface area contributed by atoms with Gasteiger partial charge in [0, 0.05) is 29.1 Å². The molecule has 1 spiro atoms. The summed E-state index contributed by atoms with van der Waals surface area (Å²) in [6.07, 6.45) is 6.35. The van der Waals surface area contributed by atoms with Gasteiger partial charge in [-0.3, -0.25) is 4.79 Å². The standard InChI is InChI=1S/C27H31ClN2O3/c1-2-24(31)21-8-5-19(21)14-30-15-27(11-3-4-17-12-20(28)7-9-22(17)27)16-33-25-10-6-18(26(29)32)13-23(25)30/h2,6-7,9-10,12-13,19,21,24,31H,1,3-5,8,11,14-16H2,(H2,29,32). The van der Waals surface area contributed by atoms with E-state index in [-0.39, 0.29) is 11.3 Å². The molecule has 174 valence electrons. The second-order valence-electron chi connectivity index (χ2n) is 9.88. The van der Waals surface area contributed by atoms with Crippen LogP contribution in [-0.4, -0.2) is 36.8 Å². The number of amides is 1. The first-order valence-corrected chi connectivity index (χ1v) is 12.2. The number of aryl methyl sites for hydroxylation is 1. The van der Waals surface area contributed by atoms with E-state index in [0.717, 1.165) is 61.7 Å². The molecule has 2 aromatic carbocycles. The molecule has 0 saturated heterocycles. The molecule has 33 heavy (non-hydrogen) atoms. The van der Waals surface area contributed by atoms with Crippen LogP contribution >= 0.6 is 11.6 Å². The van der Waals surface area contributed by atoms with Gasteiger partial charge in [0.2, 0.25) is 5.91 Å². The second kappa shape index (κ2) is 8.69. The van der Waals surface area contributed by atoms with Gasteiger partial charge in [-0.25, -0.2) is 0 Å². The fraction of sp³-hybridized carbons (Fsp3) is 0.444. The van der Waals surface area contributed by atoms with Crippen LogP contribution in [0.4, 0.5) is 5.69 Å². The second-order valence-corrected chi connectivity index (χ2v) is 10.3. The molecule has 2 aliphatic carbocycles. The molecular weight excluding hydrogens is 436 g/mol. The van der Waals surface area contributed by atoms with E-state index in [1.54, 1.807) is 12.1 Å². The SMILES string of the molecule is C=CC(O)C1CCC1CN1CC2(CCCc3cc(Cl)ccc32)COc2ccc(C(N)=O)cc21. The third-order valence-corrected chi connectivity index (χ3v) is 8.17. The number of carbonyl (C=O) groups is 1. The number of hydrogen-bond acceptors (Lipinski definition) is 4. The van der Waals surface area contributed by atoms with Gasteiger partial charge < -0.3 is 20.5 Å². The maximum absolute atomic E-state index is 11.9. The molecule has 3 N–H and O–H groups in total. The Bertz CT molecular complexity index is 1090. The molecule has 1 saturated carbocycles. The van der Waals surface area contributed by atoms with Crippen LogP contribution in [-0.2, 0) is 11.8 Å². The highest BCUT2D eigenvalue weighted by molar-refractivity contribution is 6.30. The van der Waals surface area contributed by atoms with Crippen LogP contribution in [0.15, 0.2) is 49.1 Å². The summed E-state index contributed by atoms with van der Waals surface area (Å²) in [4.78, 5) is 14.3. The molecule has 5 rings (SSSR count). The minimum Gasteiger partial charge on any atom is -0.490 e. The van der Waals surface area contributed by atoms with Crippen LogP contribution < -0.4 is 15.4 Å². The Morgan fingerprint density at radius 1 is 1.33 bits per heavy atom. The quantitative estimate of drug-likeness (QED) is 0.637. The number of primary amides is 1. The number of halogens is 1. The number of benzene rings is 2. The number of ether oxygens (including phenoxy) is 1. The van der Waals surface area contributed by atoms with Crippen molar-refractivity contribution in [3.05, 3.63) is 70.8 Å². The van der Waals surface area contributed by atoms with Gasteiger partial charge in [-0.15, -0.1) is 6.58 Å². The number of rotatable bonds is 5. The van der Waals surface area contributed by atoms with E-state index in [2.05, 4.69) is 23.6 Å². The Kier molecular flexibility index (Phi) is 5.87. The van der Waals surface area contributed by atoms with Crippen LogP contribution in [0.25, 0.3) is 0 Å². The number of fused-ring (bicyclic) bond motifs is 3. The lowest BCUT2D eigenvalue weighted by Crippen LogP contribution is -2.49. The summed E-state index contributed by atoms with van der Waals surface area (Å²) < 4.78 is 6.43. The smallest absolute Gasteiger partial charge is 0.248 e. The normalized spacial score (nSPS) is 26.9. The van der Waals surface area contributed by atoms with Crippen molar-refractivity contribution in [2.45, 2.75) is 43.6 Å². The van der Waals surface area contributed by atoms with E-state index < -0.39 is 12.0 Å². The zero-order valence-electron chi connectivity index (χ0n) is 18.8. The summed E-state index contributed by atoms with van der Waals surface area (Å²) in [7, 11) is 0. The number of nitrogens with zero attached hydrogens (tertiary/aromatic N) is 1. The first-order valence-electron chi connectivity index (χ1n) is 11.8. The molecule has 0 bridgehead atoms. The maximum Gasteiger partial charge on any atom is 0.248 e. The van der Waals surface area contributed by atoms with E-state index in [4.69, 9.17) is 22.1 Å². The van der Waals surface area contributed by atoms with Crippen molar-refractivity contribution in [1.82, 2.24) is 0 Å². The summed E-state index contributed by atoms with van der Waals surface area (Å²) in [5.74, 6) is 0.894. The Balaban J connectivity index is 1.55. The number of nitrogens with two attached hydrogens (primary N) is 1. The predicted molar refractivity (Wildman–Crippen MR) is 131 cm³/mol. The highest BCUT2D eigenvalue weighted by Crippen LogP contribution is 2.46. The van der Waals surface area contributed by atoms with Crippen molar-refractivity contribution in [1.29, 1.82) is 0 Å². The molecule has 0 radical (unpaired) electrons. The predicted octanol–water partition coefficient (Wildman–Crippen LogP) is 4.49. The van der Waals surface area contributed by atoms with Gasteiger partial charge in [0.15, 0.2) is 0 Å². The number of aliphatic hydroxyl groups is 1. The largest absolute Gasteiger partial charge is 0.490 e. The van der Waals surface area contributed by atoms with Gasteiger partial charge in [0.05, 0.1) is 18.4 Å². The summed E-state index contributed by atoms with van der Waals surface area (Å²) in [5.41, 5.74) is 9.43. The molecule has 0 aromatic heterocycles. The summed E-state index contributed by atoms with van der Waals surface area (Å²) in [6.45, 7) is 5.93.